The Morgan fingerprint density at radius 1 is 0.914 bits per heavy atom. The Labute approximate surface area is 212 Å². The number of carbonyl (C=O) groups excluding carboxylic acids is 3. The van der Waals surface area contributed by atoms with Gasteiger partial charge in [-0.3, -0.25) is 4.79 Å². The lowest BCUT2D eigenvalue weighted by atomic mass is 10.1. The van der Waals surface area contributed by atoms with Crippen LogP contribution in [0.3, 0.4) is 0 Å². The molecule has 0 aliphatic carbocycles. The summed E-state index contributed by atoms with van der Waals surface area (Å²) >= 11 is 5.86. The van der Waals surface area contributed by atoms with Crippen molar-refractivity contribution in [1.82, 2.24) is 15.5 Å². The van der Waals surface area contributed by atoms with Crippen LogP contribution in [0.15, 0.2) is 48.5 Å². The predicted molar refractivity (Wildman–Crippen MR) is 139 cm³/mol. The van der Waals surface area contributed by atoms with Gasteiger partial charge in [-0.2, -0.15) is 0 Å². The maximum Gasteiger partial charge on any atom is 0.410 e. The van der Waals surface area contributed by atoms with Crippen molar-refractivity contribution >= 4 is 35.3 Å². The number of carbonyl (C=O) groups is 3. The number of rotatable bonds is 10. The molecule has 0 aliphatic rings. The zero-order chi connectivity index (χ0) is 25.8. The van der Waals surface area contributed by atoms with Gasteiger partial charge in [-0.05, 0) is 62.6 Å². The summed E-state index contributed by atoms with van der Waals surface area (Å²) in [6.07, 6.45) is 0.615. The van der Waals surface area contributed by atoms with Gasteiger partial charge in [0.25, 0.3) is 0 Å². The molecule has 2 rings (SSSR count). The van der Waals surface area contributed by atoms with Crippen LogP contribution in [0, 0.1) is 0 Å². The first-order valence-corrected chi connectivity index (χ1v) is 12.1. The number of ether oxygens (including phenoxy) is 1. The molecule has 3 N–H and O–H groups in total. The number of urea groups is 1. The normalized spacial score (nSPS) is 10.9. The van der Waals surface area contributed by atoms with Crippen LogP contribution in [-0.4, -0.2) is 48.2 Å². The summed E-state index contributed by atoms with van der Waals surface area (Å²) in [7, 11) is 0. The van der Waals surface area contributed by atoms with E-state index in [0.29, 0.717) is 36.9 Å². The molecule has 9 heteroatoms. The Bertz CT molecular complexity index is 972. The van der Waals surface area contributed by atoms with E-state index in [1.165, 1.54) is 0 Å². The molecule has 0 aliphatic heterocycles. The molecule has 2 aromatic rings. The zero-order valence-electron chi connectivity index (χ0n) is 20.8. The van der Waals surface area contributed by atoms with E-state index in [1.54, 1.807) is 41.3 Å². The lowest BCUT2D eigenvalue weighted by Gasteiger charge is -2.27. The highest BCUT2D eigenvalue weighted by Crippen LogP contribution is 2.12. The number of anilines is 1. The van der Waals surface area contributed by atoms with Crippen molar-refractivity contribution in [2.45, 2.75) is 52.7 Å². The zero-order valence-corrected chi connectivity index (χ0v) is 21.6. The summed E-state index contributed by atoms with van der Waals surface area (Å²) in [5.41, 5.74) is 1.81. The highest BCUT2D eigenvalue weighted by molar-refractivity contribution is 6.30. The van der Waals surface area contributed by atoms with Crippen LogP contribution in [0.1, 0.15) is 45.2 Å². The van der Waals surface area contributed by atoms with Gasteiger partial charge in [0, 0.05) is 36.9 Å². The summed E-state index contributed by atoms with van der Waals surface area (Å²) in [5.74, 6) is -0.146. The lowest BCUT2D eigenvalue weighted by Crippen LogP contribution is -2.42. The molecule has 2 aromatic carbocycles. The maximum atomic E-state index is 12.3. The summed E-state index contributed by atoms with van der Waals surface area (Å²) in [4.78, 5) is 38.3. The van der Waals surface area contributed by atoms with E-state index in [9.17, 15) is 14.4 Å². The van der Waals surface area contributed by atoms with Crippen molar-refractivity contribution in [1.29, 1.82) is 0 Å². The van der Waals surface area contributed by atoms with Gasteiger partial charge in [0.2, 0.25) is 5.91 Å². The van der Waals surface area contributed by atoms with Gasteiger partial charge in [-0.1, -0.05) is 42.8 Å². The summed E-state index contributed by atoms with van der Waals surface area (Å²) in [6, 6.07) is 14.0. The van der Waals surface area contributed by atoms with Gasteiger partial charge >= 0.3 is 12.1 Å². The fourth-order valence-corrected chi connectivity index (χ4v) is 3.26. The van der Waals surface area contributed by atoms with E-state index >= 15 is 0 Å². The first-order valence-electron chi connectivity index (χ1n) is 11.7. The molecule has 0 aromatic heterocycles. The van der Waals surface area contributed by atoms with E-state index in [1.807, 2.05) is 39.8 Å². The fourth-order valence-electron chi connectivity index (χ4n) is 3.13. The van der Waals surface area contributed by atoms with Gasteiger partial charge < -0.3 is 25.6 Å². The molecule has 0 saturated carbocycles. The standard InChI is InChI=1S/C26H35ClN4O4/c1-5-15-31(25(34)35-26(2,3)4)16-14-28-23(32)17-19-8-12-22(13-9-19)30-24(33)29-18-20-6-10-21(27)11-7-20/h6-13H,5,14-18H2,1-4H3,(H,28,32)(H2,29,30,33). The SMILES string of the molecule is CCCN(CCNC(=O)Cc1ccc(NC(=O)NCc2ccc(Cl)cc2)cc1)C(=O)OC(C)(C)C. The molecule has 0 bridgehead atoms. The molecule has 0 radical (unpaired) electrons. The van der Waals surface area contributed by atoms with Gasteiger partial charge in [-0.15, -0.1) is 0 Å². The molecule has 0 heterocycles. The predicted octanol–water partition coefficient (Wildman–Crippen LogP) is 4.97. The highest BCUT2D eigenvalue weighted by atomic mass is 35.5. The second-order valence-electron chi connectivity index (χ2n) is 9.13. The monoisotopic (exact) mass is 502 g/mol. The molecule has 35 heavy (non-hydrogen) atoms. The quantitative estimate of drug-likeness (QED) is 0.427. The molecule has 0 unspecified atom stereocenters. The van der Waals surface area contributed by atoms with Crippen molar-refractivity contribution in [3.8, 4) is 0 Å². The van der Waals surface area contributed by atoms with Crippen molar-refractivity contribution < 1.29 is 19.1 Å². The molecule has 0 fully saturated rings. The minimum atomic E-state index is -0.565. The van der Waals surface area contributed by atoms with Crippen molar-refractivity contribution in [3.05, 3.63) is 64.7 Å². The Kier molecular flexibility index (Phi) is 10.9. The molecule has 0 atom stereocenters. The second kappa shape index (κ2) is 13.6. The Morgan fingerprint density at radius 2 is 1.54 bits per heavy atom. The van der Waals surface area contributed by atoms with Crippen LogP contribution in [0.5, 0.6) is 0 Å². The Hall–Kier alpha value is -3.26. The smallest absolute Gasteiger partial charge is 0.410 e. The highest BCUT2D eigenvalue weighted by Gasteiger charge is 2.21. The van der Waals surface area contributed by atoms with Crippen molar-refractivity contribution in [2.75, 3.05) is 25.0 Å². The van der Waals surface area contributed by atoms with Crippen molar-refractivity contribution in [3.63, 3.8) is 0 Å². The summed E-state index contributed by atoms with van der Waals surface area (Å²) in [5, 5.41) is 9.03. The number of nitrogens with one attached hydrogen (secondary N) is 3. The van der Waals surface area contributed by atoms with Gasteiger partial charge in [-0.25, -0.2) is 9.59 Å². The lowest BCUT2D eigenvalue weighted by molar-refractivity contribution is -0.120. The van der Waals surface area contributed by atoms with Crippen LogP contribution in [0.4, 0.5) is 15.3 Å². The van der Waals surface area contributed by atoms with Crippen LogP contribution < -0.4 is 16.0 Å². The number of amides is 4. The van der Waals surface area contributed by atoms with Crippen LogP contribution in [-0.2, 0) is 22.5 Å². The number of hydrogen-bond donors (Lipinski definition) is 3. The molecular formula is C26H35ClN4O4. The number of nitrogens with zero attached hydrogens (tertiary/aromatic N) is 1. The average molecular weight is 503 g/mol. The number of benzene rings is 2. The Morgan fingerprint density at radius 3 is 2.14 bits per heavy atom. The second-order valence-corrected chi connectivity index (χ2v) is 9.56. The third kappa shape index (κ3) is 11.1. The molecule has 8 nitrogen and oxygen atoms in total. The molecular weight excluding hydrogens is 468 g/mol. The van der Waals surface area contributed by atoms with Crippen LogP contribution in [0.2, 0.25) is 5.02 Å². The minimum absolute atomic E-state index is 0.146. The molecule has 4 amide bonds. The maximum absolute atomic E-state index is 12.3. The van der Waals surface area contributed by atoms with Gasteiger partial charge in [0.1, 0.15) is 5.60 Å². The molecule has 190 valence electrons. The van der Waals surface area contributed by atoms with E-state index in [4.69, 9.17) is 16.3 Å². The minimum Gasteiger partial charge on any atom is -0.444 e. The summed E-state index contributed by atoms with van der Waals surface area (Å²) < 4.78 is 5.42. The number of hydrogen-bond acceptors (Lipinski definition) is 4. The van der Waals surface area contributed by atoms with Gasteiger partial charge in [0.05, 0.1) is 6.42 Å². The Balaban J connectivity index is 1.74. The van der Waals surface area contributed by atoms with E-state index in [0.717, 1.165) is 17.5 Å². The molecule has 0 spiro atoms. The first kappa shape index (κ1) is 28.0. The van der Waals surface area contributed by atoms with Crippen LogP contribution in [0.25, 0.3) is 0 Å². The third-order valence-electron chi connectivity index (χ3n) is 4.79. The van der Waals surface area contributed by atoms with E-state index in [-0.39, 0.29) is 24.5 Å². The van der Waals surface area contributed by atoms with Crippen molar-refractivity contribution in [2.24, 2.45) is 0 Å². The van der Waals surface area contributed by atoms with E-state index < -0.39 is 5.60 Å². The third-order valence-corrected chi connectivity index (χ3v) is 5.04. The van der Waals surface area contributed by atoms with Gasteiger partial charge in [0.15, 0.2) is 0 Å². The fraction of sp³-hybridized carbons (Fsp3) is 0.423. The topological polar surface area (TPSA) is 99.8 Å². The van der Waals surface area contributed by atoms with E-state index in [2.05, 4.69) is 16.0 Å². The summed E-state index contributed by atoms with van der Waals surface area (Å²) in [6.45, 7) is 9.12. The number of halogens is 1. The van der Waals surface area contributed by atoms with Crippen LogP contribution >= 0.6 is 11.6 Å². The average Bonchev–Trinajstić information content (AvgIpc) is 2.78. The molecule has 0 saturated heterocycles. The largest absolute Gasteiger partial charge is 0.444 e. The first-order chi connectivity index (χ1) is 16.6.